The Morgan fingerprint density at radius 3 is 2.70 bits per heavy atom. The van der Waals surface area contributed by atoms with E-state index in [0.29, 0.717) is 17.7 Å². The van der Waals surface area contributed by atoms with Crippen LogP contribution in [0.15, 0.2) is 27.4 Å². The Balaban J connectivity index is 2.40. The molecule has 20 heavy (non-hydrogen) atoms. The van der Waals surface area contributed by atoms with Gasteiger partial charge in [0.05, 0.1) is 5.52 Å². The molecule has 1 unspecified atom stereocenters. The normalized spacial score (nSPS) is 12.8. The first-order chi connectivity index (χ1) is 9.58. The van der Waals surface area contributed by atoms with E-state index >= 15 is 0 Å². The van der Waals surface area contributed by atoms with Gasteiger partial charge in [-0.1, -0.05) is 27.2 Å². The molecule has 2 rings (SSSR count). The molecule has 108 valence electrons. The first-order valence-electron chi connectivity index (χ1n) is 7.26. The van der Waals surface area contributed by atoms with Gasteiger partial charge in [-0.25, -0.2) is 4.79 Å². The van der Waals surface area contributed by atoms with E-state index in [1.807, 2.05) is 19.9 Å². The van der Waals surface area contributed by atoms with E-state index in [9.17, 15) is 9.59 Å². The van der Waals surface area contributed by atoms with Crippen molar-refractivity contribution in [1.82, 2.24) is 4.57 Å². The largest absolute Gasteiger partial charge is 0.419 e. The van der Waals surface area contributed by atoms with Gasteiger partial charge in [-0.05, 0) is 31.0 Å². The number of hydrogen-bond acceptors (Lipinski definition) is 3. The second kappa shape index (κ2) is 6.07. The Kier molecular flexibility index (Phi) is 4.42. The fraction of sp³-hybridized carbons (Fsp3) is 0.500. The number of Topliss-reactive ketones (excluding diaryl/α,β-unsaturated/α-hetero) is 1. The predicted octanol–water partition coefficient (Wildman–Crippen LogP) is 3.62. The van der Waals surface area contributed by atoms with Gasteiger partial charge in [0.25, 0.3) is 0 Å². The van der Waals surface area contributed by atoms with E-state index in [1.54, 1.807) is 16.7 Å². The van der Waals surface area contributed by atoms with Gasteiger partial charge in [-0.15, -0.1) is 0 Å². The van der Waals surface area contributed by atoms with Gasteiger partial charge in [-0.3, -0.25) is 9.36 Å². The Bertz CT molecular complexity index is 666. The van der Waals surface area contributed by atoms with Gasteiger partial charge in [0, 0.05) is 18.0 Å². The molecule has 0 saturated heterocycles. The van der Waals surface area contributed by atoms with Gasteiger partial charge >= 0.3 is 5.76 Å². The lowest BCUT2D eigenvalue weighted by atomic mass is 9.95. The van der Waals surface area contributed by atoms with Crippen molar-refractivity contribution in [2.24, 2.45) is 5.92 Å². The molecular weight excluding hydrogens is 254 g/mol. The maximum absolute atomic E-state index is 12.3. The molecule has 0 bridgehead atoms. The second-order valence-corrected chi connectivity index (χ2v) is 5.26. The molecule has 0 aliphatic carbocycles. The SMILES string of the molecule is CCCC(C)C(=O)c1ccc2c(c1)oc(=O)n2CCC. The molecule has 0 spiro atoms. The molecule has 0 aliphatic rings. The van der Waals surface area contributed by atoms with Gasteiger partial charge in [-0.2, -0.15) is 0 Å². The van der Waals surface area contributed by atoms with Crippen molar-refractivity contribution >= 4 is 16.9 Å². The quantitative estimate of drug-likeness (QED) is 0.756. The van der Waals surface area contributed by atoms with Gasteiger partial charge in [0.15, 0.2) is 11.4 Å². The van der Waals surface area contributed by atoms with Crippen LogP contribution in [0.3, 0.4) is 0 Å². The van der Waals surface area contributed by atoms with Crippen molar-refractivity contribution in [3.63, 3.8) is 0 Å². The van der Waals surface area contributed by atoms with Crippen LogP contribution in [-0.2, 0) is 6.54 Å². The fourth-order valence-corrected chi connectivity index (χ4v) is 2.50. The summed E-state index contributed by atoms with van der Waals surface area (Å²) in [5.41, 5.74) is 1.88. The minimum absolute atomic E-state index is 0.00176. The smallest absolute Gasteiger partial charge is 0.408 e. The molecule has 0 N–H and O–H groups in total. The zero-order chi connectivity index (χ0) is 14.7. The molecule has 4 nitrogen and oxygen atoms in total. The number of carbonyl (C=O) groups excluding carboxylic acids is 1. The highest BCUT2D eigenvalue weighted by molar-refractivity contribution is 5.99. The van der Waals surface area contributed by atoms with E-state index in [1.165, 1.54) is 0 Å². The summed E-state index contributed by atoms with van der Waals surface area (Å²) in [6.07, 6.45) is 2.72. The topological polar surface area (TPSA) is 52.2 Å². The highest BCUT2D eigenvalue weighted by Crippen LogP contribution is 2.19. The van der Waals surface area contributed by atoms with Crippen LogP contribution >= 0.6 is 0 Å². The number of ketones is 1. The van der Waals surface area contributed by atoms with E-state index in [-0.39, 0.29) is 17.5 Å². The third-order valence-electron chi connectivity index (χ3n) is 3.57. The van der Waals surface area contributed by atoms with Crippen molar-refractivity contribution in [2.45, 2.75) is 46.6 Å². The van der Waals surface area contributed by atoms with Crippen molar-refractivity contribution in [1.29, 1.82) is 0 Å². The number of nitrogens with zero attached hydrogens (tertiary/aromatic N) is 1. The molecule has 0 saturated carbocycles. The fourth-order valence-electron chi connectivity index (χ4n) is 2.50. The van der Waals surface area contributed by atoms with Crippen LogP contribution in [0.4, 0.5) is 0 Å². The van der Waals surface area contributed by atoms with E-state index in [4.69, 9.17) is 4.42 Å². The zero-order valence-electron chi connectivity index (χ0n) is 12.3. The van der Waals surface area contributed by atoms with Crippen LogP contribution < -0.4 is 5.76 Å². The van der Waals surface area contributed by atoms with Crippen LogP contribution in [0.5, 0.6) is 0 Å². The number of aromatic nitrogens is 1. The van der Waals surface area contributed by atoms with Crippen LogP contribution in [-0.4, -0.2) is 10.4 Å². The zero-order valence-corrected chi connectivity index (χ0v) is 12.3. The van der Waals surface area contributed by atoms with Crippen molar-refractivity contribution in [3.8, 4) is 0 Å². The minimum Gasteiger partial charge on any atom is -0.408 e. The monoisotopic (exact) mass is 275 g/mol. The van der Waals surface area contributed by atoms with Crippen LogP contribution in [0.1, 0.15) is 50.4 Å². The van der Waals surface area contributed by atoms with Crippen molar-refractivity contribution < 1.29 is 9.21 Å². The highest BCUT2D eigenvalue weighted by Gasteiger charge is 2.16. The number of fused-ring (bicyclic) bond motifs is 1. The maximum atomic E-state index is 12.3. The molecule has 0 radical (unpaired) electrons. The number of benzene rings is 1. The Labute approximate surface area is 118 Å². The maximum Gasteiger partial charge on any atom is 0.419 e. The van der Waals surface area contributed by atoms with Crippen LogP contribution in [0.2, 0.25) is 0 Å². The molecule has 1 atom stereocenters. The van der Waals surface area contributed by atoms with E-state index in [0.717, 1.165) is 24.8 Å². The first kappa shape index (κ1) is 14.6. The molecule has 0 aliphatic heterocycles. The Morgan fingerprint density at radius 1 is 1.30 bits per heavy atom. The lowest BCUT2D eigenvalue weighted by Crippen LogP contribution is -2.13. The third-order valence-corrected chi connectivity index (χ3v) is 3.57. The summed E-state index contributed by atoms with van der Waals surface area (Å²) < 4.78 is 6.85. The molecule has 1 aromatic carbocycles. The standard InChI is InChI=1S/C16H21NO3/c1-4-6-11(3)15(18)12-7-8-13-14(10-12)20-16(19)17(13)9-5-2/h7-8,10-11H,4-6,9H2,1-3H3. The average molecular weight is 275 g/mol. The van der Waals surface area contributed by atoms with Gasteiger partial charge in [0.2, 0.25) is 0 Å². The van der Waals surface area contributed by atoms with Crippen LogP contribution in [0.25, 0.3) is 11.1 Å². The van der Waals surface area contributed by atoms with Crippen LogP contribution in [0, 0.1) is 5.92 Å². The summed E-state index contributed by atoms with van der Waals surface area (Å²) in [6.45, 7) is 6.65. The summed E-state index contributed by atoms with van der Waals surface area (Å²) in [4.78, 5) is 24.0. The highest BCUT2D eigenvalue weighted by atomic mass is 16.4. The number of aryl methyl sites for hydroxylation is 1. The summed E-state index contributed by atoms with van der Waals surface area (Å²) in [6, 6.07) is 5.29. The Morgan fingerprint density at radius 2 is 2.05 bits per heavy atom. The number of rotatable bonds is 6. The van der Waals surface area contributed by atoms with E-state index in [2.05, 4.69) is 6.92 Å². The average Bonchev–Trinajstić information content (AvgIpc) is 2.74. The van der Waals surface area contributed by atoms with Gasteiger partial charge < -0.3 is 4.42 Å². The number of hydrogen-bond donors (Lipinski definition) is 0. The number of oxazole rings is 1. The summed E-state index contributed by atoms with van der Waals surface area (Å²) in [5.74, 6) is -0.241. The Hall–Kier alpha value is -1.84. The first-order valence-corrected chi connectivity index (χ1v) is 7.26. The molecule has 0 amide bonds. The summed E-state index contributed by atoms with van der Waals surface area (Å²) in [5, 5.41) is 0. The number of carbonyl (C=O) groups is 1. The predicted molar refractivity (Wildman–Crippen MR) is 79.2 cm³/mol. The molecule has 1 heterocycles. The van der Waals surface area contributed by atoms with Crippen molar-refractivity contribution in [3.05, 3.63) is 34.3 Å². The summed E-state index contributed by atoms with van der Waals surface area (Å²) in [7, 11) is 0. The lowest BCUT2D eigenvalue weighted by Gasteiger charge is -2.08. The lowest BCUT2D eigenvalue weighted by molar-refractivity contribution is 0.0923. The van der Waals surface area contributed by atoms with Gasteiger partial charge in [0.1, 0.15) is 0 Å². The van der Waals surface area contributed by atoms with E-state index < -0.39 is 0 Å². The molecular formula is C16H21NO3. The third kappa shape index (κ3) is 2.69. The molecule has 4 heteroatoms. The van der Waals surface area contributed by atoms with Crippen molar-refractivity contribution in [2.75, 3.05) is 0 Å². The molecule has 0 fully saturated rings. The molecule has 1 aromatic heterocycles. The second-order valence-electron chi connectivity index (χ2n) is 5.26. The minimum atomic E-state index is -0.354. The summed E-state index contributed by atoms with van der Waals surface area (Å²) >= 11 is 0. The molecule has 2 aromatic rings.